The lowest BCUT2D eigenvalue weighted by Gasteiger charge is -2.40. The van der Waals surface area contributed by atoms with E-state index in [2.05, 4.69) is 17.5 Å². The van der Waals surface area contributed by atoms with Gasteiger partial charge in [-0.2, -0.15) is 0 Å². The number of allylic oxidation sites excluding steroid dienone is 2. The molecule has 4 rings (SSSR count). The lowest BCUT2D eigenvalue weighted by atomic mass is 9.64. The molecule has 1 saturated carbocycles. The Labute approximate surface area is 67.9 Å². The van der Waals surface area contributed by atoms with E-state index in [1.807, 2.05) is 0 Å². The Hall–Kier alpha value is -0.300. The first-order valence-corrected chi connectivity index (χ1v) is 4.84. The summed E-state index contributed by atoms with van der Waals surface area (Å²) in [5.74, 6) is 3.86. The Morgan fingerprint density at radius 1 is 0.909 bits per heavy atom. The van der Waals surface area contributed by atoms with Crippen molar-refractivity contribution < 1.29 is 0 Å². The summed E-state index contributed by atoms with van der Waals surface area (Å²) >= 11 is 0. The summed E-state index contributed by atoms with van der Waals surface area (Å²) in [4.78, 5) is 0. The average Bonchev–Trinajstić information content (AvgIpc) is 2.55. The van der Waals surface area contributed by atoms with Crippen LogP contribution in [-0.2, 0) is 0 Å². The van der Waals surface area contributed by atoms with Gasteiger partial charge in [-0.25, -0.2) is 0 Å². The Morgan fingerprint density at radius 2 is 1.45 bits per heavy atom. The molecular weight excluding hydrogens is 134 g/mol. The molecule has 0 unspecified atom stereocenters. The molecule has 1 N–H and O–H groups in total. The van der Waals surface area contributed by atoms with Gasteiger partial charge in [0.05, 0.1) is 0 Å². The van der Waals surface area contributed by atoms with E-state index in [0.29, 0.717) is 0 Å². The highest BCUT2D eigenvalue weighted by molar-refractivity contribution is 5.12. The minimum Gasteiger partial charge on any atom is -0.316 e. The summed E-state index contributed by atoms with van der Waals surface area (Å²) in [5.41, 5.74) is 0. The first-order valence-electron chi connectivity index (χ1n) is 4.84. The first-order chi connectivity index (χ1) is 5.45. The van der Waals surface area contributed by atoms with Crippen LogP contribution in [0.25, 0.3) is 0 Å². The van der Waals surface area contributed by atoms with Gasteiger partial charge in [0.25, 0.3) is 0 Å². The van der Waals surface area contributed by atoms with Crippen molar-refractivity contribution in [2.24, 2.45) is 23.7 Å². The van der Waals surface area contributed by atoms with E-state index in [9.17, 15) is 0 Å². The topological polar surface area (TPSA) is 12.0 Å². The van der Waals surface area contributed by atoms with Gasteiger partial charge in [0.15, 0.2) is 0 Å². The molecule has 1 aliphatic heterocycles. The zero-order valence-corrected chi connectivity index (χ0v) is 6.79. The third-order valence-corrected chi connectivity index (χ3v) is 3.85. The lowest BCUT2D eigenvalue weighted by molar-refractivity contribution is 0.169. The van der Waals surface area contributed by atoms with E-state index in [4.69, 9.17) is 0 Å². The van der Waals surface area contributed by atoms with Gasteiger partial charge in [-0.05, 0) is 49.6 Å². The van der Waals surface area contributed by atoms with Crippen LogP contribution in [-0.4, -0.2) is 13.1 Å². The maximum atomic E-state index is 3.53. The Kier molecular flexibility index (Phi) is 1.19. The second-order valence-electron chi connectivity index (χ2n) is 4.28. The molecule has 0 amide bonds. The van der Waals surface area contributed by atoms with Crippen molar-refractivity contribution in [2.75, 3.05) is 13.1 Å². The van der Waals surface area contributed by atoms with Crippen LogP contribution in [0.1, 0.15) is 12.8 Å². The normalized spacial score (nSPS) is 53.1. The Bertz CT molecular complexity index is 177. The van der Waals surface area contributed by atoms with Gasteiger partial charge in [0.1, 0.15) is 0 Å². The molecule has 0 aromatic heterocycles. The molecule has 0 spiro atoms. The van der Waals surface area contributed by atoms with Gasteiger partial charge in [-0.15, -0.1) is 0 Å². The maximum absolute atomic E-state index is 3.53. The molecule has 1 saturated heterocycles. The van der Waals surface area contributed by atoms with Crippen LogP contribution in [0.15, 0.2) is 12.2 Å². The third-order valence-electron chi connectivity index (χ3n) is 3.85. The van der Waals surface area contributed by atoms with E-state index in [1.54, 1.807) is 0 Å². The zero-order valence-electron chi connectivity index (χ0n) is 6.79. The molecule has 60 valence electrons. The van der Waals surface area contributed by atoms with Crippen LogP contribution >= 0.6 is 0 Å². The highest BCUT2D eigenvalue weighted by Gasteiger charge is 2.42. The van der Waals surface area contributed by atoms with Gasteiger partial charge in [0.2, 0.25) is 0 Å². The fraction of sp³-hybridized carbons (Fsp3) is 0.800. The number of hydrogen-bond donors (Lipinski definition) is 1. The van der Waals surface area contributed by atoms with Crippen molar-refractivity contribution in [3.05, 3.63) is 12.2 Å². The average molecular weight is 149 g/mol. The lowest BCUT2D eigenvalue weighted by Crippen LogP contribution is -2.35. The molecule has 1 nitrogen and oxygen atoms in total. The van der Waals surface area contributed by atoms with Gasteiger partial charge < -0.3 is 5.32 Å². The molecule has 4 atom stereocenters. The van der Waals surface area contributed by atoms with E-state index in [0.717, 1.165) is 23.7 Å². The Morgan fingerprint density at radius 3 is 1.91 bits per heavy atom. The molecule has 11 heavy (non-hydrogen) atoms. The van der Waals surface area contributed by atoms with E-state index >= 15 is 0 Å². The summed E-state index contributed by atoms with van der Waals surface area (Å²) < 4.78 is 0. The second kappa shape index (κ2) is 2.10. The highest BCUT2D eigenvalue weighted by atomic mass is 14.9. The molecule has 1 heteroatoms. The predicted molar refractivity (Wildman–Crippen MR) is 45.2 cm³/mol. The smallest absolute Gasteiger partial charge is 0.00114 e. The minimum atomic E-state index is 0.931. The van der Waals surface area contributed by atoms with Gasteiger partial charge >= 0.3 is 0 Å². The molecule has 2 bridgehead atoms. The molecule has 0 aromatic carbocycles. The van der Waals surface area contributed by atoms with Crippen LogP contribution in [0.5, 0.6) is 0 Å². The number of hydrogen-bond acceptors (Lipinski definition) is 1. The number of nitrogens with one attached hydrogen (secondary N) is 1. The molecule has 3 aliphatic carbocycles. The highest BCUT2D eigenvalue weighted by Crippen LogP contribution is 2.45. The van der Waals surface area contributed by atoms with E-state index in [-0.39, 0.29) is 0 Å². The van der Waals surface area contributed by atoms with Crippen molar-refractivity contribution in [2.45, 2.75) is 12.8 Å². The summed E-state index contributed by atoms with van der Waals surface area (Å²) in [5, 5.41) is 3.53. The minimum absolute atomic E-state index is 0.931. The summed E-state index contributed by atoms with van der Waals surface area (Å²) in [6.07, 6.45) is 7.87. The van der Waals surface area contributed by atoms with Gasteiger partial charge in [-0.1, -0.05) is 12.2 Å². The Balaban J connectivity index is 1.97. The standard InChI is InChI=1S/C10H15N/c1-2-8-4-3-7(1)9-5-11-6-10(8)9/h1-2,7-11H,3-6H2/t7-,8-,9+,10+/m0/s1. The predicted octanol–water partition coefficient (Wildman–Crippen LogP) is 1.42. The van der Waals surface area contributed by atoms with Crippen LogP contribution in [0.2, 0.25) is 0 Å². The maximum Gasteiger partial charge on any atom is -0.00114 e. The fourth-order valence-electron chi connectivity index (χ4n) is 3.23. The largest absolute Gasteiger partial charge is 0.316 e. The van der Waals surface area contributed by atoms with Gasteiger partial charge in [0, 0.05) is 0 Å². The summed E-state index contributed by atoms with van der Waals surface area (Å²) in [6, 6.07) is 0. The van der Waals surface area contributed by atoms with Crippen molar-refractivity contribution in [1.82, 2.24) is 5.32 Å². The molecule has 2 fully saturated rings. The van der Waals surface area contributed by atoms with Crippen molar-refractivity contribution in [3.63, 3.8) is 0 Å². The summed E-state index contributed by atoms with van der Waals surface area (Å²) in [7, 11) is 0. The first kappa shape index (κ1) is 6.24. The third kappa shape index (κ3) is 0.750. The van der Waals surface area contributed by atoms with Crippen LogP contribution < -0.4 is 5.32 Å². The molecule has 1 heterocycles. The van der Waals surface area contributed by atoms with E-state index < -0.39 is 0 Å². The summed E-state index contributed by atoms with van der Waals surface area (Å²) in [6.45, 7) is 2.58. The van der Waals surface area contributed by atoms with Crippen molar-refractivity contribution >= 4 is 0 Å². The molecule has 4 aliphatic rings. The molecule has 0 radical (unpaired) electrons. The monoisotopic (exact) mass is 149 g/mol. The molecule has 0 aromatic rings. The van der Waals surface area contributed by atoms with Gasteiger partial charge in [-0.3, -0.25) is 0 Å². The molecular formula is C10H15N. The fourth-order valence-corrected chi connectivity index (χ4v) is 3.23. The quantitative estimate of drug-likeness (QED) is 0.514. The van der Waals surface area contributed by atoms with Crippen molar-refractivity contribution in [3.8, 4) is 0 Å². The van der Waals surface area contributed by atoms with Crippen LogP contribution in [0.4, 0.5) is 0 Å². The SMILES string of the molecule is C1=C[C@H]2CC[C@H]1[C@H]1CNC[C@@H]12. The van der Waals surface area contributed by atoms with Crippen molar-refractivity contribution in [1.29, 1.82) is 0 Å². The van der Waals surface area contributed by atoms with Crippen LogP contribution in [0.3, 0.4) is 0 Å². The van der Waals surface area contributed by atoms with E-state index in [1.165, 1.54) is 25.9 Å². The zero-order chi connectivity index (χ0) is 7.26. The number of rotatable bonds is 0. The van der Waals surface area contributed by atoms with Crippen LogP contribution in [0, 0.1) is 23.7 Å². The number of fused-ring (bicyclic) bond motifs is 1. The second-order valence-corrected chi connectivity index (χ2v) is 4.28.